The number of amides is 1. The van der Waals surface area contributed by atoms with Crippen molar-refractivity contribution in [1.82, 2.24) is 10.0 Å². The molecule has 0 bridgehead atoms. The zero-order valence-electron chi connectivity index (χ0n) is 17.7. The van der Waals surface area contributed by atoms with Crippen LogP contribution in [0.4, 0.5) is 0 Å². The number of aryl methyl sites for hydroxylation is 3. The molecule has 2 atom stereocenters. The zero-order chi connectivity index (χ0) is 21.6. The van der Waals surface area contributed by atoms with Gasteiger partial charge in [0.25, 0.3) is 5.91 Å². The molecule has 7 nitrogen and oxygen atoms in total. The molecule has 0 radical (unpaired) electrons. The number of esters is 1. The van der Waals surface area contributed by atoms with Gasteiger partial charge in [0.15, 0.2) is 6.61 Å². The maximum atomic E-state index is 12.6. The standard InChI is InChI=1S/C21H32N2O5S/c1-14-11-16(3)21(17(4)12-14)29(26,27)22-10-9-20(25)28-13-19(24)23-18-8-6-5-7-15(18)2/h11-12,15,18,22H,5-10,13H2,1-4H3,(H,23,24)/t15-,18-/m0/s1. The summed E-state index contributed by atoms with van der Waals surface area (Å²) < 4.78 is 32.5. The first-order valence-electron chi connectivity index (χ1n) is 10.1. The monoisotopic (exact) mass is 424 g/mol. The van der Waals surface area contributed by atoms with Gasteiger partial charge in [-0.2, -0.15) is 0 Å². The Labute approximate surface area is 173 Å². The third-order valence-corrected chi connectivity index (χ3v) is 7.08. The van der Waals surface area contributed by atoms with Crippen molar-refractivity contribution in [3.8, 4) is 0 Å². The smallest absolute Gasteiger partial charge is 0.307 e. The Morgan fingerprint density at radius 1 is 1.10 bits per heavy atom. The second-order valence-electron chi connectivity index (χ2n) is 7.97. The van der Waals surface area contributed by atoms with Crippen molar-refractivity contribution >= 4 is 21.9 Å². The number of nitrogens with one attached hydrogen (secondary N) is 2. The van der Waals surface area contributed by atoms with Crippen LogP contribution in [0.2, 0.25) is 0 Å². The lowest BCUT2D eigenvalue weighted by Crippen LogP contribution is -2.43. The van der Waals surface area contributed by atoms with Crippen LogP contribution in [-0.2, 0) is 24.3 Å². The van der Waals surface area contributed by atoms with Crippen LogP contribution >= 0.6 is 0 Å². The lowest BCUT2D eigenvalue weighted by molar-refractivity contribution is -0.148. The third-order valence-electron chi connectivity index (χ3n) is 5.32. The Bertz CT molecular complexity index is 828. The van der Waals surface area contributed by atoms with Crippen molar-refractivity contribution in [2.24, 2.45) is 5.92 Å². The van der Waals surface area contributed by atoms with Crippen LogP contribution in [0.25, 0.3) is 0 Å². The van der Waals surface area contributed by atoms with Gasteiger partial charge in [0.05, 0.1) is 11.3 Å². The molecule has 29 heavy (non-hydrogen) atoms. The summed E-state index contributed by atoms with van der Waals surface area (Å²) in [5.74, 6) is -0.507. The van der Waals surface area contributed by atoms with Gasteiger partial charge in [-0.25, -0.2) is 13.1 Å². The first-order chi connectivity index (χ1) is 13.6. The molecule has 1 aromatic carbocycles. The molecule has 1 aliphatic rings. The van der Waals surface area contributed by atoms with Gasteiger partial charge in [-0.1, -0.05) is 37.5 Å². The topological polar surface area (TPSA) is 102 Å². The molecule has 8 heteroatoms. The Kier molecular flexibility index (Phi) is 8.22. The highest BCUT2D eigenvalue weighted by Gasteiger charge is 2.23. The number of rotatable bonds is 8. The van der Waals surface area contributed by atoms with E-state index in [0.717, 1.165) is 24.8 Å². The van der Waals surface area contributed by atoms with Gasteiger partial charge in [0.1, 0.15) is 0 Å². The lowest BCUT2D eigenvalue weighted by Gasteiger charge is -2.29. The third kappa shape index (κ3) is 6.82. The minimum absolute atomic E-state index is 0.0881. The van der Waals surface area contributed by atoms with E-state index in [-0.39, 0.29) is 36.4 Å². The molecule has 0 aromatic heterocycles. The summed E-state index contributed by atoms with van der Waals surface area (Å²) in [6.07, 6.45) is 4.16. The number of ether oxygens (including phenoxy) is 1. The Morgan fingerprint density at radius 2 is 1.72 bits per heavy atom. The molecule has 1 fully saturated rings. The summed E-state index contributed by atoms with van der Waals surface area (Å²) in [5.41, 5.74) is 2.31. The summed E-state index contributed by atoms with van der Waals surface area (Å²) in [5, 5.41) is 2.92. The molecule has 0 heterocycles. The SMILES string of the molecule is Cc1cc(C)c(S(=O)(=O)NCCC(=O)OCC(=O)N[C@H]2CCCC[C@@H]2C)c(C)c1. The lowest BCUT2D eigenvalue weighted by atomic mass is 9.86. The molecule has 0 saturated heterocycles. The zero-order valence-corrected chi connectivity index (χ0v) is 18.5. The van der Waals surface area contributed by atoms with E-state index in [1.807, 2.05) is 19.1 Å². The quantitative estimate of drug-likeness (QED) is 0.625. The van der Waals surface area contributed by atoms with E-state index in [9.17, 15) is 18.0 Å². The van der Waals surface area contributed by atoms with Crippen LogP contribution in [0.15, 0.2) is 17.0 Å². The second-order valence-corrected chi connectivity index (χ2v) is 9.68. The van der Waals surface area contributed by atoms with E-state index in [1.54, 1.807) is 13.8 Å². The highest BCUT2D eigenvalue weighted by atomic mass is 32.2. The van der Waals surface area contributed by atoms with Crippen LogP contribution in [0.5, 0.6) is 0 Å². The van der Waals surface area contributed by atoms with Crippen molar-refractivity contribution < 1.29 is 22.7 Å². The van der Waals surface area contributed by atoms with E-state index in [2.05, 4.69) is 17.0 Å². The average molecular weight is 425 g/mol. The number of hydrogen-bond acceptors (Lipinski definition) is 5. The normalized spacial score (nSPS) is 19.6. The van der Waals surface area contributed by atoms with Crippen molar-refractivity contribution in [3.05, 3.63) is 28.8 Å². The Hall–Kier alpha value is -1.93. The Balaban J connectivity index is 1.77. The fourth-order valence-corrected chi connectivity index (χ4v) is 5.43. The number of carbonyl (C=O) groups is 2. The highest BCUT2D eigenvalue weighted by Crippen LogP contribution is 2.23. The van der Waals surface area contributed by atoms with Crippen LogP contribution in [0, 0.1) is 26.7 Å². The van der Waals surface area contributed by atoms with Crippen LogP contribution in [0.1, 0.15) is 55.7 Å². The van der Waals surface area contributed by atoms with Crippen molar-refractivity contribution in [2.75, 3.05) is 13.2 Å². The summed E-state index contributed by atoms with van der Waals surface area (Å²) >= 11 is 0. The maximum Gasteiger partial charge on any atom is 0.307 e. The number of hydrogen-bond donors (Lipinski definition) is 2. The fraction of sp³-hybridized carbons (Fsp3) is 0.619. The van der Waals surface area contributed by atoms with E-state index < -0.39 is 16.0 Å². The number of sulfonamides is 1. The fourth-order valence-electron chi connectivity index (χ4n) is 3.95. The van der Waals surface area contributed by atoms with E-state index in [1.165, 1.54) is 6.42 Å². The van der Waals surface area contributed by atoms with Gasteiger partial charge in [-0.3, -0.25) is 9.59 Å². The van der Waals surface area contributed by atoms with E-state index >= 15 is 0 Å². The van der Waals surface area contributed by atoms with Crippen LogP contribution < -0.4 is 10.0 Å². The van der Waals surface area contributed by atoms with Crippen molar-refractivity contribution in [2.45, 2.75) is 70.7 Å². The average Bonchev–Trinajstić information content (AvgIpc) is 2.60. The Morgan fingerprint density at radius 3 is 2.34 bits per heavy atom. The van der Waals surface area contributed by atoms with E-state index in [4.69, 9.17) is 4.74 Å². The van der Waals surface area contributed by atoms with Crippen molar-refractivity contribution in [1.29, 1.82) is 0 Å². The van der Waals surface area contributed by atoms with Gasteiger partial charge in [0, 0.05) is 12.6 Å². The number of benzene rings is 1. The molecule has 1 amide bonds. The van der Waals surface area contributed by atoms with Crippen LogP contribution in [0.3, 0.4) is 0 Å². The van der Waals surface area contributed by atoms with Gasteiger partial charge < -0.3 is 10.1 Å². The predicted octanol–water partition coefficient (Wildman–Crippen LogP) is 2.52. The molecule has 2 rings (SSSR count). The molecular formula is C21H32N2O5S. The van der Waals surface area contributed by atoms with Gasteiger partial charge in [0.2, 0.25) is 10.0 Å². The summed E-state index contributed by atoms with van der Waals surface area (Å²) in [4.78, 5) is 24.1. The molecule has 0 spiro atoms. The molecule has 1 aliphatic carbocycles. The largest absolute Gasteiger partial charge is 0.456 e. The minimum atomic E-state index is -3.73. The molecule has 0 aliphatic heterocycles. The van der Waals surface area contributed by atoms with Crippen molar-refractivity contribution in [3.63, 3.8) is 0 Å². The maximum absolute atomic E-state index is 12.6. The first-order valence-corrected chi connectivity index (χ1v) is 11.6. The summed E-state index contributed by atoms with van der Waals surface area (Å²) in [6, 6.07) is 3.74. The first kappa shape index (κ1) is 23.3. The molecule has 2 N–H and O–H groups in total. The van der Waals surface area contributed by atoms with Gasteiger partial charge >= 0.3 is 5.97 Å². The van der Waals surface area contributed by atoms with Gasteiger partial charge in [-0.05, 0) is 50.7 Å². The van der Waals surface area contributed by atoms with E-state index in [0.29, 0.717) is 17.0 Å². The van der Waals surface area contributed by atoms with Gasteiger partial charge in [-0.15, -0.1) is 0 Å². The number of carbonyl (C=O) groups excluding carboxylic acids is 2. The summed E-state index contributed by atoms with van der Waals surface area (Å²) in [7, 11) is -3.73. The second kappa shape index (κ2) is 10.2. The molecule has 1 aromatic rings. The molecular weight excluding hydrogens is 392 g/mol. The van der Waals surface area contributed by atoms with Crippen LogP contribution in [-0.4, -0.2) is 39.5 Å². The molecule has 1 saturated carbocycles. The predicted molar refractivity (Wildman–Crippen MR) is 111 cm³/mol. The summed E-state index contributed by atoms with van der Waals surface area (Å²) in [6.45, 7) is 7.08. The molecule has 162 valence electrons. The minimum Gasteiger partial charge on any atom is -0.456 e. The highest BCUT2D eigenvalue weighted by molar-refractivity contribution is 7.89. The molecule has 0 unspecified atom stereocenters.